The van der Waals surface area contributed by atoms with Crippen molar-refractivity contribution in [2.45, 2.75) is 25.9 Å². The van der Waals surface area contributed by atoms with Crippen molar-refractivity contribution in [3.05, 3.63) is 71.3 Å². The van der Waals surface area contributed by atoms with Gasteiger partial charge in [0.1, 0.15) is 13.7 Å². The highest BCUT2D eigenvalue weighted by molar-refractivity contribution is 6.43. The fourth-order valence-electron chi connectivity index (χ4n) is 3.26. The first kappa shape index (κ1) is 19.6. The van der Waals surface area contributed by atoms with E-state index in [1.807, 2.05) is 31.2 Å². The van der Waals surface area contributed by atoms with Gasteiger partial charge in [-0.3, -0.25) is 0 Å². The summed E-state index contributed by atoms with van der Waals surface area (Å²) in [4.78, 5) is 22.4. The minimum absolute atomic E-state index is 0.0937. The molecule has 6 nitrogen and oxygen atoms in total. The van der Waals surface area contributed by atoms with Gasteiger partial charge in [-0.05, 0) is 24.8 Å². The number of oxime groups is 2. The van der Waals surface area contributed by atoms with Crippen LogP contribution in [-0.4, -0.2) is 31.6 Å². The molecular weight excluding hydrogens is 356 g/mol. The maximum atomic E-state index is 12.0. The van der Waals surface area contributed by atoms with E-state index in [9.17, 15) is 4.79 Å². The summed E-state index contributed by atoms with van der Waals surface area (Å²) in [6.45, 7) is 2.21. The lowest BCUT2D eigenvalue weighted by molar-refractivity contribution is -0.132. The third kappa shape index (κ3) is 4.57. The number of methoxy groups -OCH3 is 1. The van der Waals surface area contributed by atoms with Gasteiger partial charge in [0.05, 0.1) is 12.8 Å². The molecule has 3 rings (SSSR count). The van der Waals surface area contributed by atoms with E-state index in [1.54, 1.807) is 6.07 Å². The number of rotatable bonds is 8. The van der Waals surface area contributed by atoms with Gasteiger partial charge in [0.15, 0.2) is 5.71 Å². The van der Waals surface area contributed by atoms with Crippen LogP contribution in [0.3, 0.4) is 0 Å². The van der Waals surface area contributed by atoms with Crippen LogP contribution in [0.1, 0.15) is 36.0 Å². The highest BCUT2D eigenvalue weighted by Gasteiger charge is 2.40. The molecule has 1 aliphatic rings. The molecule has 6 heteroatoms. The van der Waals surface area contributed by atoms with Crippen LogP contribution in [0.5, 0.6) is 0 Å². The van der Waals surface area contributed by atoms with Crippen LogP contribution >= 0.6 is 0 Å². The number of ether oxygens (including phenoxy) is 1. The molecule has 28 heavy (non-hydrogen) atoms. The number of esters is 1. The third-order valence-corrected chi connectivity index (χ3v) is 4.82. The summed E-state index contributed by atoms with van der Waals surface area (Å²) in [6, 6.07) is 17.8. The Morgan fingerprint density at radius 3 is 2.46 bits per heavy atom. The van der Waals surface area contributed by atoms with Crippen molar-refractivity contribution in [2.75, 3.05) is 14.2 Å². The van der Waals surface area contributed by atoms with E-state index in [2.05, 4.69) is 34.6 Å². The molecule has 2 unspecified atom stereocenters. The van der Waals surface area contributed by atoms with Crippen molar-refractivity contribution in [1.82, 2.24) is 0 Å². The topological polar surface area (TPSA) is 69.5 Å². The lowest BCUT2D eigenvalue weighted by Gasteiger charge is -2.10. The highest BCUT2D eigenvalue weighted by Crippen LogP contribution is 2.48. The molecule has 2 atom stereocenters. The number of benzene rings is 2. The number of hydrogen-bond donors (Lipinski definition) is 0. The molecule has 0 saturated heterocycles. The molecule has 0 radical (unpaired) electrons. The quantitative estimate of drug-likeness (QED) is 0.396. The fraction of sp³-hybridized carbons (Fsp3) is 0.318. The van der Waals surface area contributed by atoms with Crippen LogP contribution in [0.25, 0.3) is 0 Å². The second-order valence-corrected chi connectivity index (χ2v) is 6.64. The van der Waals surface area contributed by atoms with Crippen molar-refractivity contribution in [2.24, 2.45) is 16.2 Å². The molecule has 0 amide bonds. The summed E-state index contributed by atoms with van der Waals surface area (Å²) < 4.78 is 4.79. The number of hydrogen-bond acceptors (Lipinski definition) is 6. The lowest BCUT2D eigenvalue weighted by atomic mass is 10.0. The molecule has 2 aromatic carbocycles. The first-order valence-corrected chi connectivity index (χ1v) is 9.14. The van der Waals surface area contributed by atoms with Crippen molar-refractivity contribution < 1.29 is 19.2 Å². The molecule has 1 aliphatic carbocycles. The third-order valence-electron chi connectivity index (χ3n) is 4.82. The molecule has 0 bridgehead atoms. The molecule has 2 aromatic rings. The Morgan fingerprint density at radius 2 is 1.75 bits per heavy atom. The molecule has 1 fully saturated rings. The van der Waals surface area contributed by atoms with E-state index in [-0.39, 0.29) is 12.3 Å². The van der Waals surface area contributed by atoms with Gasteiger partial charge in [-0.25, -0.2) is 4.79 Å². The van der Waals surface area contributed by atoms with Gasteiger partial charge >= 0.3 is 5.97 Å². The number of nitrogens with zero attached hydrogens (tertiary/aromatic N) is 2. The van der Waals surface area contributed by atoms with Crippen molar-refractivity contribution in [1.29, 1.82) is 0 Å². The van der Waals surface area contributed by atoms with Crippen molar-refractivity contribution >= 4 is 17.4 Å². The van der Waals surface area contributed by atoms with Gasteiger partial charge < -0.3 is 14.4 Å². The average Bonchev–Trinajstić information content (AvgIpc) is 3.54. The highest BCUT2D eigenvalue weighted by atomic mass is 16.6. The predicted molar refractivity (Wildman–Crippen MR) is 107 cm³/mol. The normalized spacial score (nSPS) is 19.1. The monoisotopic (exact) mass is 380 g/mol. The van der Waals surface area contributed by atoms with Crippen LogP contribution in [-0.2, 0) is 25.8 Å². The number of carbonyl (C=O) groups is 1. The summed E-state index contributed by atoms with van der Waals surface area (Å²) in [5, 5.41) is 8.10. The molecule has 0 aliphatic heterocycles. The molecule has 0 heterocycles. The van der Waals surface area contributed by atoms with E-state index in [0.717, 1.165) is 17.7 Å². The van der Waals surface area contributed by atoms with Crippen molar-refractivity contribution in [3.8, 4) is 0 Å². The standard InChI is InChI=1S/C22H24N2O4/c1-15(19-13-20(19)16-9-5-4-6-10-16)23-28-14-17-11-7-8-12-18(17)21(24-27-3)22(25)26-2/h4-12,19-20H,13-14H2,1-3H3/b23-15-,24-21-. The van der Waals surface area contributed by atoms with Crippen LogP contribution in [0, 0.1) is 5.92 Å². The van der Waals surface area contributed by atoms with E-state index in [4.69, 9.17) is 14.4 Å². The number of carbonyl (C=O) groups excluding carboxylic acids is 1. The SMILES string of the molecule is CO/N=C(\C(=O)OC)c1ccccc1CO/N=C(/C)C1CC1c1ccccc1. The zero-order chi connectivity index (χ0) is 19.9. The molecule has 0 spiro atoms. The summed E-state index contributed by atoms with van der Waals surface area (Å²) in [5.41, 5.74) is 3.78. The second kappa shape index (κ2) is 9.17. The van der Waals surface area contributed by atoms with Gasteiger partial charge in [0, 0.05) is 17.0 Å². The summed E-state index contributed by atoms with van der Waals surface area (Å²) >= 11 is 0. The Balaban J connectivity index is 1.66. The van der Waals surface area contributed by atoms with Crippen LogP contribution < -0.4 is 0 Å². The Labute approximate surface area is 164 Å². The van der Waals surface area contributed by atoms with Crippen LogP contribution in [0.2, 0.25) is 0 Å². The molecular formula is C22H24N2O4. The first-order valence-electron chi connectivity index (χ1n) is 9.14. The molecule has 0 aromatic heterocycles. The Kier molecular flexibility index (Phi) is 6.42. The van der Waals surface area contributed by atoms with E-state index >= 15 is 0 Å². The van der Waals surface area contributed by atoms with E-state index in [1.165, 1.54) is 19.8 Å². The van der Waals surface area contributed by atoms with Gasteiger partial charge in [0.25, 0.3) is 0 Å². The molecule has 0 N–H and O–H groups in total. The van der Waals surface area contributed by atoms with Gasteiger partial charge in [-0.15, -0.1) is 0 Å². The first-order chi connectivity index (χ1) is 13.7. The second-order valence-electron chi connectivity index (χ2n) is 6.64. The largest absolute Gasteiger partial charge is 0.464 e. The van der Waals surface area contributed by atoms with Gasteiger partial charge in [0.2, 0.25) is 0 Å². The summed E-state index contributed by atoms with van der Waals surface area (Å²) in [5.74, 6) is 0.358. The van der Waals surface area contributed by atoms with E-state index in [0.29, 0.717) is 17.4 Å². The minimum atomic E-state index is -0.572. The fourth-order valence-corrected chi connectivity index (χ4v) is 3.26. The maximum Gasteiger partial charge on any atom is 0.360 e. The predicted octanol–water partition coefficient (Wildman–Crippen LogP) is 3.91. The Morgan fingerprint density at radius 1 is 1.04 bits per heavy atom. The maximum absolute atomic E-state index is 12.0. The zero-order valence-electron chi connectivity index (χ0n) is 16.3. The van der Waals surface area contributed by atoms with Crippen LogP contribution in [0.4, 0.5) is 0 Å². The lowest BCUT2D eigenvalue weighted by Crippen LogP contribution is -2.19. The average molecular weight is 380 g/mol. The Bertz CT molecular complexity index is 877. The van der Waals surface area contributed by atoms with E-state index < -0.39 is 5.97 Å². The van der Waals surface area contributed by atoms with Gasteiger partial charge in [-0.1, -0.05) is 64.9 Å². The Hall–Kier alpha value is -3.15. The van der Waals surface area contributed by atoms with Gasteiger partial charge in [-0.2, -0.15) is 0 Å². The van der Waals surface area contributed by atoms with Crippen LogP contribution in [0.15, 0.2) is 64.9 Å². The molecule has 1 saturated carbocycles. The smallest absolute Gasteiger partial charge is 0.360 e. The minimum Gasteiger partial charge on any atom is -0.464 e. The zero-order valence-corrected chi connectivity index (χ0v) is 16.3. The summed E-state index contributed by atoms with van der Waals surface area (Å²) in [6.07, 6.45) is 1.09. The van der Waals surface area contributed by atoms with Crippen molar-refractivity contribution in [3.63, 3.8) is 0 Å². The molecule has 146 valence electrons. The summed E-state index contributed by atoms with van der Waals surface area (Å²) in [7, 11) is 2.69.